The lowest BCUT2D eigenvalue weighted by molar-refractivity contribution is -0.139. The molecule has 0 aliphatic carbocycles. The van der Waals surface area contributed by atoms with Crippen molar-refractivity contribution in [3.05, 3.63) is 0 Å². The Kier molecular flexibility index (Phi) is 9.95. The molecule has 0 bridgehead atoms. The molecule has 140 valence electrons. The van der Waals surface area contributed by atoms with Crippen LogP contribution in [0, 0.1) is 0 Å². The van der Waals surface area contributed by atoms with Gasteiger partial charge in [0.2, 0.25) is 5.91 Å². The van der Waals surface area contributed by atoms with Crippen LogP contribution < -0.4 is 0 Å². The van der Waals surface area contributed by atoms with Crippen molar-refractivity contribution in [1.29, 1.82) is 0 Å². The van der Waals surface area contributed by atoms with Crippen LogP contribution in [-0.2, 0) is 9.59 Å². The van der Waals surface area contributed by atoms with Gasteiger partial charge in [0.25, 0.3) is 0 Å². The third kappa shape index (κ3) is 8.11. The van der Waals surface area contributed by atoms with E-state index in [0.717, 1.165) is 13.0 Å². The molecule has 1 rings (SSSR count). The summed E-state index contributed by atoms with van der Waals surface area (Å²) in [6.45, 7) is 10.6. The maximum absolute atomic E-state index is 12.5. The molecule has 0 unspecified atom stereocenters. The zero-order valence-corrected chi connectivity index (χ0v) is 15.7. The number of carbonyl (C=O) groups is 2. The fourth-order valence-electron chi connectivity index (χ4n) is 3.06. The number of aliphatic carboxylic acids is 1. The summed E-state index contributed by atoms with van der Waals surface area (Å²) in [7, 11) is 0. The van der Waals surface area contributed by atoms with Gasteiger partial charge in [-0.1, -0.05) is 32.6 Å². The molecule has 1 heterocycles. The maximum atomic E-state index is 12.5. The van der Waals surface area contributed by atoms with Gasteiger partial charge in [-0.25, -0.2) is 0 Å². The molecule has 0 atom stereocenters. The lowest BCUT2D eigenvalue weighted by Gasteiger charge is -2.35. The average Bonchev–Trinajstić information content (AvgIpc) is 2.53. The molecule has 6 heteroatoms. The lowest BCUT2D eigenvalue weighted by atomic mass is 10.1. The van der Waals surface area contributed by atoms with E-state index in [1.807, 2.05) is 9.80 Å². The number of hydrogen-bond acceptors (Lipinski definition) is 4. The van der Waals surface area contributed by atoms with Crippen LogP contribution in [0.2, 0.25) is 0 Å². The highest BCUT2D eigenvalue weighted by molar-refractivity contribution is 5.78. The van der Waals surface area contributed by atoms with Crippen molar-refractivity contribution in [2.75, 3.05) is 45.8 Å². The van der Waals surface area contributed by atoms with Gasteiger partial charge < -0.3 is 10.0 Å². The summed E-state index contributed by atoms with van der Waals surface area (Å²) in [6.07, 6.45) is 6.21. The van der Waals surface area contributed by atoms with Crippen LogP contribution >= 0.6 is 0 Å². The summed E-state index contributed by atoms with van der Waals surface area (Å²) in [6, 6.07) is 0.369. The predicted octanol–water partition coefficient (Wildman–Crippen LogP) is 1.90. The minimum Gasteiger partial charge on any atom is -0.480 e. The summed E-state index contributed by atoms with van der Waals surface area (Å²) in [5, 5.41) is 8.83. The number of nitrogens with zero attached hydrogens (tertiary/aromatic N) is 3. The number of unbranched alkanes of at least 4 members (excludes halogenated alkanes) is 4. The Bertz CT molecular complexity index is 380. The molecule has 24 heavy (non-hydrogen) atoms. The summed E-state index contributed by atoms with van der Waals surface area (Å²) in [4.78, 5) is 29.3. The van der Waals surface area contributed by atoms with Gasteiger partial charge in [-0.3, -0.25) is 19.4 Å². The molecular formula is C18H35N3O3. The number of carbonyl (C=O) groups excluding carboxylic acids is 1. The molecule has 1 amide bonds. The standard InChI is InChI=1S/C18H35N3O3/c1-4-5-6-7-8-9-21(16(2)3)14-17(22)20-12-10-19(11-13-20)15-18(23)24/h16H,4-15H2,1-3H3,(H,23,24). The molecule has 0 saturated carbocycles. The highest BCUT2D eigenvalue weighted by atomic mass is 16.4. The van der Waals surface area contributed by atoms with Crippen molar-refractivity contribution >= 4 is 11.9 Å². The van der Waals surface area contributed by atoms with E-state index < -0.39 is 5.97 Å². The van der Waals surface area contributed by atoms with E-state index in [2.05, 4.69) is 25.7 Å². The molecule has 0 spiro atoms. The first-order valence-electron chi connectivity index (χ1n) is 9.40. The van der Waals surface area contributed by atoms with E-state index in [0.29, 0.717) is 38.8 Å². The lowest BCUT2D eigenvalue weighted by Crippen LogP contribution is -2.52. The SMILES string of the molecule is CCCCCCCN(CC(=O)N1CCN(CC(=O)O)CC1)C(C)C. The van der Waals surface area contributed by atoms with E-state index in [9.17, 15) is 9.59 Å². The molecule has 0 radical (unpaired) electrons. The van der Waals surface area contributed by atoms with Crippen molar-refractivity contribution in [2.45, 2.75) is 58.9 Å². The number of rotatable bonds is 11. The van der Waals surface area contributed by atoms with Crippen molar-refractivity contribution < 1.29 is 14.7 Å². The summed E-state index contributed by atoms with van der Waals surface area (Å²) in [5.41, 5.74) is 0. The van der Waals surface area contributed by atoms with Crippen LogP contribution in [0.5, 0.6) is 0 Å². The molecule has 1 fully saturated rings. The molecule has 1 aliphatic heterocycles. The molecule has 1 saturated heterocycles. The second-order valence-corrected chi connectivity index (χ2v) is 7.03. The number of hydrogen-bond donors (Lipinski definition) is 1. The predicted molar refractivity (Wildman–Crippen MR) is 96.1 cm³/mol. The minimum absolute atomic E-state index is 0.0674. The molecular weight excluding hydrogens is 306 g/mol. The second-order valence-electron chi connectivity index (χ2n) is 7.03. The summed E-state index contributed by atoms with van der Waals surface area (Å²) >= 11 is 0. The van der Waals surface area contributed by atoms with E-state index in [4.69, 9.17) is 5.11 Å². The van der Waals surface area contributed by atoms with E-state index in [1.165, 1.54) is 25.7 Å². The Morgan fingerprint density at radius 3 is 2.21 bits per heavy atom. The normalized spacial score (nSPS) is 16.1. The quantitative estimate of drug-likeness (QED) is 0.582. The third-order valence-corrected chi connectivity index (χ3v) is 4.70. The monoisotopic (exact) mass is 341 g/mol. The number of carboxylic acids is 1. The largest absolute Gasteiger partial charge is 0.480 e. The van der Waals surface area contributed by atoms with Gasteiger partial charge in [0.1, 0.15) is 0 Å². The van der Waals surface area contributed by atoms with Gasteiger partial charge in [-0.15, -0.1) is 0 Å². The van der Waals surface area contributed by atoms with Gasteiger partial charge in [0.05, 0.1) is 13.1 Å². The van der Waals surface area contributed by atoms with Gasteiger partial charge >= 0.3 is 5.97 Å². The Morgan fingerprint density at radius 1 is 1.04 bits per heavy atom. The molecule has 0 aromatic carbocycles. The zero-order chi connectivity index (χ0) is 17.9. The summed E-state index contributed by atoms with van der Waals surface area (Å²) < 4.78 is 0. The van der Waals surface area contributed by atoms with Crippen LogP contribution in [0.4, 0.5) is 0 Å². The van der Waals surface area contributed by atoms with Crippen molar-refractivity contribution in [1.82, 2.24) is 14.7 Å². The number of piperazine rings is 1. The fraction of sp³-hybridized carbons (Fsp3) is 0.889. The van der Waals surface area contributed by atoms with Gasteiger partial charge in [0.15, 0.2) is 0 Å². The smallest absolute Gasteiger partial charge is 0.317 e. The molecule has 0 aromatic heterocycles. The Hall–Kier alpha value is -1.14. The fourth-order valence-corrected chi connectivity index (χ4v) is 3.06. The zero-order valence-electron chi connectivity index (χ0n) is 15.7. The van der Waals surface area contributed by atoms with Crippen LogP contribution in [0.15, 0.2) is 0 Å². The first-order chi connectivity index (χ1) is 11.4. The van der Waals surface area contributed by atoms with Gasteiger partial charge in [-0.05, 0) is 26.8 Å². The first kappa shape index (κ1) is 20.9. The molecule has 0 aromatic rings. The topological polar surface area (TPSA) is 64.1 Å². The second kappa shape index (κ2) is 11.4. The average molecular weight is 341 g/mol. The van der Waals surface area contributed by atoms with E-state index in [-0.39, 0.29) is 12.5 Å². The molecule has 1 N–H and O–H groups in total. The Labute approximate surface area is 146 Å². The maximum Gasteiger partial charge on any atom is 0.317 e. The Balaban J connectivity index is 2.33. The van der Waals surface area contributed by atoms with E-state index in [1.54, 1.807) is 0 Å². The highest BCUT2D eigenvalue weighted by Gasteiger charge is 2.24. The highest BCUT2D eigenvalue weighted by Crippen LogP contribution is 2.08. The van der Waals surface area contributed by atoms with E-state index >= 15 is 0 Å². The van der Waals surface area contributed by atoms with Gasteiger partial charge in [-0.2, -0.15) is 0 Å². The van der Waals surface area contributed by atoms with Crippen LogP contribution in [0.3, 0.4) is 0 Å². The summed E-state index contributed by atoms with van der Waals surface area (Å²) in [5.74, 6) is -0.629. The van der Waals surface area contributed by atoms with Gasteiger partial charge in [0, 0.05) is 32.2 Å². The minimum atomic E-state index is -0.802. The van der Waals surface area contributed by atoms with Crippen molar-refractivity contribution in [2.24, 2.45) is 0 Å². The molecule has 1 aliphatic rings. The van der Waals surface area contributed by atoms with Crippen molar-refractivity contribution in [3.63, 3.8) is 0 Å². The molecule has 6 nitrogen and oxygen atoms in total. The van der Waals surface area contributed by atoms with Crippen LogP contribution in [-0.4, -0.2) is 83.5 Å². The van der Waals surface area contributed by atoms with Crippen LogP contribution in [0.1, 0.15) is 52.9 Å². The number of amides is 1. The Morgan fingerprint density at radius 2 is 1.67 bits per heavy atom. The third-order valence-electron chi connectivity index (χ3n) is 4.70. The van der Waals surface area contributed by atoms with Crippen molar-refractivity contribution in [3.8, 4) is 0 Å². The number of carboxylic acid groups (broad SMARTS) is 1. The first-order valence-corrected chi connectivity index (χ1v) is 9.40. The van der Waals surface area contributed by atoms with Crippen LogP contribution in [0.25, 0.3) is 0 Å².